The average molecular weight is 398 g/mol. The molecule has 0 bridgehead atoms. The normalized spacial score (nSPS) is 22.6. The number of aliphatic imine (C=N–C) groups is 2. The molecule has 3 aliphatic rings. The van der Waals surface area contributed by atoms with E-state index in [4.69, 9.17) is 4.99 Å². The van der Waals surface area contributed by atoms with Gasteiger partial charge in [-0.3, -0.25) is 4.21 Å². The van der Waals surface area contributed by atoms with E-state index in [0.717, 1.165) is 29.2 Å². The third kappa shape index (κ3) is 3.04. The lowest BCUT2D eigenvalue weighted by Gasteiger charge is -2.31. The number of benzene rings is 1. The van der Waals surface area contributed by atoms with E-state index in [0.29, 0.717) is 23.6 Å². The van der Waals surface area contributed by atoms with E-state index in [2.05, 4.69) is 44.3 Å². The molecule has 0 amide bonds. The van der Waals surface area contributed by atoms with Gasteiger partial charge in [-0.2, -0.15) is 4.99 Å². The third-order valence-corrected chi connectivity index (χ3v) is 6.01. The van der Waals surface area contributed by atoms with E-state index < -0.39 is 10.8 Å². The molecule has 3 heterocycles. The predicted molar refractivity (Wildman–Crippen MR) is 111 cm³/mol. The summed E-state index contributed by atoms with van der Waals surface area (Å²) in [6, 6.07) is 6.14. The zero-order valence-electron chi connectivity index (χ0n) is 16.2. The minimum absolute atomic E-state index is 0.382. The Morgan fingerprint density at radius 2 is 2.18 bits per heavy atom. The fraction of sp³-hybridized carbons (Fsp3) is 0.421. The second-order valence-corrected chi connectivity index (χ2v) is 8.89. The Morgan fingerprint density at radius 3 is 2.93 bits per heavy atom. The fourth-order valence-corrected chi connectivity index (χ4v) is 4.19. The Kier molecular flexibility index (Phi) is 4.09. The van der Waals surface area contributed by atoms with Crippen LogP contribution in [0.3, 0.4) is 0 Å². The number of guanidine groups is 1. The lowest BCUT2D eigenvalue weighted by molar-refractivity contribution is 0.145. The first-order chi connectivity index (χ1) is 13.5. The Hall–Kier alpha value is -2.52. The molecule has 0 saturated heterocycles. The molecule has 2 N–H and O–H groups in total. The van der Waals surface area contributed by atoms with Crippen LogP contribution < -0.4 is 5.32 Å². The molecule has 8 nitrogen and oxygen atoms in total. The van der Waals surface area contributed by atoms with Crippen LogP contribution in [0, 0.1) is 12.8 Å². The number of hydrogen-bond acceptors (Lipinski definition) is 5. The second kappa shape index (κ2) is 6.52. The first-order valence-corrected chi connectivity index (χ1v) is 11.0. The van der Waals surface area contributed by atoms with Crippen LogP contribution in [0.25, 0.3) is 11.0 Å². The highest BCUT2D eigenvalue weighted by molar-refractivity contribution is 7.99. The van der Waals surface area contributed by atoms with Gasteiger partial charge >= 0.3 is 0 Å². The number of nitrogens with zero attached hydrogens (tertiary/aromatic N) is 5. The van der Waals surface area contributed by atoms with Crippen molar-refractivity contribution >= 4 is 33.0 Å². The molecule has 146 valence electrons. The lowest BCUT2D eigenvalue weighted by atomic mass is 10.2. The number of aromatic amines is 1. The molecular weight excluding hydrogens is 374 g/mol. The Balaban J connectivity index is 1.50. The molecule has 2 aliphatic heterocycles. The van der Waals surface area contributed by atoms with E-state index in [1.54, 1.807) is 6.26 Å². The van der Waals surface area contributed by atoms with Crippen molar-refractivity contribution in [2.75, 3.05) is 19.8 Å². The number of aryl methyl sites for hydroxylation is 1. The van der Waals surface area contributed by atoms with E-state index in [-0.39, 0.29) is 0 Å². The number of rotatable bonds is 3. The summed E-state index contributed by atoms with van der Waals surface area (Å²) in [5.41, 5.74) is 4.48. The molecule has 1 unspecified atom stereocenters. The number of fused-ring (bicyclic) bond motifs is 2. The van der Waals surface area contributed by atoms with Crippen LogP contribution in [0.4, 0.5) is 0 Å². The van der Waals surface area contributed by atoms with Crippen LogP contribution in [-0.4, -0.2) is 55.2 Å². The molecule has 28 heavy (non-hydrogen) atoms. The zero-order chi connectivity index (χ0) is 19.4. The molecule has 1 atom stereocenters. The topological polar surface area (TPSA) is 89.0 Å². The molecule has 0 spiro atoms. The maximum Gasteiger partial charge on any atom is 0.244 e. The summed E-state index contributed by atoms with van der Waals surface area (Å²) in [5, 5.41) is 7.84. The zero-order valence-corrected chi connectivity index (χ0v) is 17.0. The van der Waals surface area contributed by atoms with Crippen LogP contribution in [-0.2, 0) is 17.3 Å². The molecule has 1 saturated carbocycles. The van der Waals surface area contributed by atoms with Crippen molar-refractivity contribution in [3.63, 3.8) is 0 Å². The first kappa shape index (κ1) is 17.6. The largest absolute Gasteiger partial charge is 0.340 e. The number of amidine groups is 1. The number of hydrogen-bond donors (Lipinski definition) is 2. The van der Waals surface area contributed by atoms with Gasteiger partial charge in [-0.15, -0.1) is 0 Å². The standard InChI is InChI=1S/C19H23N7OS/c1-11-4-7-14-15(8-11)22-16(21-14)9-20-18-24-19(28(3)27)23-17-13(12-5-6-12)10-25(2)26(17)18/h4,7-8,12H,5-6,9-10H2,1-3H3,(H,21,22)(H,20,23,24). The van der Waals surface area contributed by atoms with Gasteiger partial charge in [0.1, 0.15) is 18.2 Å². The smallest absolute Gasteiger partial charge is 0.244 e. The Bertz CT molecular complexity index is 1080. The summed E-state index contributed by atoms with van der Waals surface area (Å²) in [6.07, 6.45) is 4.07. The van der Waals surface area contributed by atoms with E-state index in [1.165, 1.54) is 24.0 Å². The van der Waals surface area contributed by atoms with Gasteiger partial charge in [0.2, 0.25) is 11.1 Å². The van der Waals surface area contributed by atoms with Crippen molar-refractivity contribution in [1.82, 2.24) is 25.3 Å². The van der Waals surface area contributed by atoms with Crippen molar-refractivity contribution in [2.45, 2.75) is 26.3 Å². The Morgan fingerprint density at radius 1 is 1.36 bits per heavy atom. The quantitative estimate of drug-likeness (QED) is 0.825. The molecule has 0 radical (unpaired) electrons. The summed E-state index contributed by atoms with van der Waals surface area (Å²) >= 11 is 0. The lowest BCUT2D eigenvalue weighted by Crippen LogP contribution is -2.48. The summed E-state index contributed by atoms with van der Waals surface area (Å²) in [5.74, 6) is 2.92. The number of hydrazine groups is 1. The highest BCUT2D eigenvalue weighted by Crippen LogP contribution is 2.42. The highest BCUT2D eigenvalue weighted by atomic mass is 32.2. The number of nitrogens with one attached hydrogen (secondary N) is 2. The predicted octanol–water partition coefficient (Wildman–Crippen LogP) is 1.85. The molecule has 1 aliphatic carbocycles. The molecule has 1 aromatic heterocycles. The molecular formula is C19H23N7OS. The maximum atomic E-state index is 12.1. The average Bonchev–Trinajstić information content (AvgIpc) is 3.34. The number of imidazole rings is 1. The first-order valence-electron chi connectivity index (χ1n) is 9.42. The van der Waals surface area contributed by atoms with Crippen LogP contribution >= 0.6 is 0 Å². The molecule has 9 heteroatoms. The fourth-order valence-electron chi connectivity index (χ4n) is 3.74. The van der Waals surface area contributed by atoms with Gasteiger partial charge in [0, 0.05) is 19.8 Å². The summed E-state index contributed by atoms with van der Waals surface area (Å²) in [7, 11) is 0.819. The van der Waals surface area contributed by atoms with E-state index >= 15 is 0 Å². The minimum atomic E-state index is -1.21. The number of H-pyrrole nitrogens is 1. The van der Waals surface area contributed by atoms with Crippen molar-refractivity contribution < 1.29 is 4.21 Å². The van der Waals surface area contributed by atoms with Gasteiger partial charge in [-0.05, 0) is 49.0 Å². The minimum Gasteiger partial charge on any atom is -0.340 e. The molecule has 1 fully saturated rings. The van der Waals surface area contributed by atoms with Gasteiger partial charge < -0.3 is 10.3 Å². The number of likely N-dealkylation sites (N-methyl/N-ethyl adjacent to an activating group) is 1. The third-order valence-electron chi connectivity index (χ3n) is 5.27. The summed E-state index contributed by atoms with van der Waals surface area (Å²) < 4.78 is 12.1. The Labute approximate surface area is 165 Å². The van der Waals surface area contributed by atoms with Gasteiger partial charge in [0.05, 0.1) is 21.8 Å². The maximum absolute atomic E-state index is 12.1. The van der Waals surface area contributed by atoms with Gasteiger partial charge in [-0.1, -0.05) is 6.07 Å². The van der Waals surface area contributed by atoms with Crippen LogP contribution in [0.5, 0.6) is 0 Å². The van der Waals surface area contributed by atoms with E-state index in [1.807, 2.05) is 18.1 Å². The second-order valence-electron chi connectivity index (χ2n) is 7.59. The molecule has 2 aromatic rings. The molecule has 5 rings (SSSR count). The number of aromatic nitrogens is 2. The van der Waals surface area contributed by atoms with Crippen molar-refractivity contribution in [1.29, 1.82) is 0 Å². The monoisotopic (exact) mass is 397 g/mol. The molecule has 1 aromatic carbocycles. The van der Waals surface area contributed by atoms with Crippen molar-refractivity contribution in [2.24, 2.45) is 15.9 Å². The van der Waals surface area contributed by atoms with E-state index in [9.17, 15) is 4.21 Å². The van der Waals surface area contributed by atoms with Gasteiger partial charge in [0.25, 0.3) is 0 Å². The highest BCUT2D eigenvalue weighted by Gasteiger charge is 2.41. The van der Waals surface area contributed by atoms with Crippen LogP contribution in [0.1, 0.15) is 24.2 Å². The van der Waals surface area contributed by atoms with Gasteiger partial charge in [-0.25, -0.2) is 20.0 Å². The summed E-state index contributed by atoms with van der Waals surface area (Å²) in [4.78, 5) is 17.2. The van der Waals surface area contributed by atoms with Crippen molar-refractivity contribution in [3.8, 4) is 0 Å². The summed E-state index contributed by atoms with van der Waals surface area (Å²) in [6.45, 7) is 3.28. The SMILES string of the molecule is Cc1ccc2nc(CN=C3N=C(S(C)=O)NC4=C(C5CC5)CN(C)N34)[nH]c2c1. The van der Waals surface area contributed by atoms with Gasteiger partial charge in [0.15, 0.2) is 0 Å². The van der Waals surface area contributed by atoms with Crippen molar-refractivity contribution in [3.05, 3.63) is 41.0 Å². The van der Waals surface area contributed by atoms with Crippen LogP contribution in [0.2, 0.25) is 0 Å². The van der Waals surface area contributed by atoms with Crippen LogP contribution in [0.15, 0.2) is 39.6 Å².